The zero-order valence-electron chi connectivity index (χ0n) is 10.6. The summed E-state index contributed by atoms with van der Waals surface area (Å²) in [7, 11) is 0. The summed E-state index contributed by atoms with van der Waals surface area (Å²) in [5.41, 5.74) is 0.493. The van der Waals surface area contributed by atoms with Gasteiger partial charge < -0.3 is 4.74 Å². The van der Waals surface area contributed by atoms with Gasteiger partial charge in [0.15, 0.2) is 5.75 Å². The maximum Gasteiger partial charge on any atom is 0.336 e. The highest BCUT2D eigenvalue weighted by Gasteiger charge is 2.06. The number of halogens is 1. The van der Waals surface area contributed by atoms with Crippen molar-refractivity contribution < 1.29 is 14.5 Å². The topological polar surface area (TPSA) is 82.3 Å². The minimum atomic E-state index is -0.602. The zero-order chi connectivity index (χ0) is 15.2. The molecule has 106 valence electrons. The lowest BCUT2D eigenvalue weighted by atomic mass is 10.2. The molecule has 0 aliphatic carbocycles. The Bertz CT molecular complexity index is 716. The van der Waals surface area contributed by atoms with Gasteiger partial charge in [0.05, 0.1) is 4.92 Å². The van der Waals surface area contributed by atoms with Crippen LogP contribution in [-0.2, 0) is 4.79 Å². The number of nitro benzene ring substituents is 1. The van der Waals surface area contributed by atoms with Crippen LogP contribution in [0.2, 0.25) is 0 Å². The summed E-state index contributed by atoms with van der Waals surface area (Å²) >= 11 is 3.16. The molecular weight excluding hydrogens is 340 g/mol. The number of ether oxygens (including phenoxy) is 1. The van der Waals surface area contributed by atoms with Gasteiger partial charge >= 0.3 is 5.97 Å². The number of rotatable bonds is 4. The van der Waals surface area contributed by atoms with Crippen LogP contribution in [-0.4, -0.2) is 15.9 Å². The largest absolute Gasteiger partial charge is 0.420 e. The number of hydrogen-bond acceptors (Lipinski definition) is 5. The van der Waals surface area contributed by atoms with Gasteiger partial charge in [0, 0.05) is 24.4 Å². The number of pyridine rings is 1. The van der Waals surface area contributed by atoms with Crippen molar-refractivity contribution in [1.29, 1.82) is 0 Å². The van der Waals surface area contributed by atoms with Gasteiger partial charge in [0.25, 0.3) is 5.69 Å². The predicted molar refractivity (Wildman–Crippen MR) is 79.7 cm³/mol. The molecule has 0 aliphatic rings. The van der Waals surface area contributed by atoms with Gasteiger partial charge in [0.2, 0.25) is 0 Å². The molecule has 0 aliphatic heterocycles. The number of nitrogens with zero attached hydrogens (tertiary/aromatic N) is 2. The summed E-state index contributed by atoms with van der Waals surface area (Å²) in [5, 5.41) is 10.6. The first-order valence-corrected chi connectivity index (χ1v) is 6.60. The SMILES string of the molecule is O=C(/C=C/c1cccc([N+](=O)[O-])c1)Oc1cccnc1Br. The molecule has 21 heavy (non-hydrogen) atoms. The van der Waals surface area contributed by atoms with Crippen LogP contribution < -0.4 is 4.74 Å². The van der Waals surface area contributed by atoms with Crippen molar-refractivity contribution in [3.8, 4) is 5.75 Å². The van der Waals surface area contributed by atoms with E-state index in [4.69, 9.17) is 4.74 Å². The fourth-order valence-corrected chi connectivity index (χ4v) is 1.83. The first-order chi connectivity index (χ1) is 10.1. The summed E-state index contributed by atoms with van der Waals surface area (Å²) in [6.45, 7) is 0. The van der Waals surface area contributed by atoms with Gasteiger partial charge in [-0.25, -0.2) is 9.78 Å². The lowest BCUT2D eigenvalue weighted by Crippen LogP contribution is -2.04. The summed E-state index contributed by atoms with van der Waals surface area (Å²) in [4.78, 5) is 25.7. The maximum atomic E-state index is 11.7. The third-order valence-electron chi connectivity index (χ3n) is 2.43. The Kier molecular flexibility index (Phi) is 4.78. The molecule has 0 amide bonds. The first-order valence-electron chi connectivity index (χ1n) is 5.81. The third kappa shape index (κ3) is 4.22. The number of hydrogen-bond donors (Lipinski definition) is 0. The molecule has 0 atom stereocenters. The average molecular weight is 349 g/mol. The van der Waals surface area contributed by atoms with Crippen LogP contribution in [0.25, 0.3) is 6.08 Å². The first kappa shape index (κ1) is 14.9. The van der Waals surface area contributed by atoms with E-state index in [9.17, 15) is 14.9 Å². The highest BCUT2D eigenvalue weighted by atomic mass is 79.9. The number of benzene rings is 1. The number of non-ortho nitro benzene ring substituents is 1. The van der Waals surface area contributed by atoms with Crippen molar-refractivity contribution in [2.75, 3.05) is 0 Å². The van der Waals surface area contributed by atoms with Gasteiger partial charge in [-0.05, 0) is 39.7 Å². The zero-order valence-corrected chi connectivity index (χ0v) is 12.2. The van der Waals surface area contributed by atoms with Crippen LogP contribution in [0.3, 0.4) is 0 Å². The molecule has 1 aromatic carbocycles. The van der Waals surface area contributed by atoms with E-state index in [1.165, 1.54) is 24.3 Å². The Hall–Kier alpha value is -2.54. The molecule has 0 saturated carbocycles. The molecular formula is C14H9BrN2O4. The van der Waals surface area contributed by atoms with Gasteiger partial charge in [0.1, 0.15) is 4.60 Å². The van der Waals surface area contributed by atoms with Gasteiger partial charge in [-0.3, -0.25) is 10.1 Å². The molecule has 0 N–H and O–H groups in total. The highest BCUT2D eigenvalue weighted by Crippen LogP contribution is 2.21. The molecule has 2 rings (SSSR count). The van der Waals surface area contributed by atoms with Crippen molar-refractivity contribution >= 4 is 33.7 Å². The quantitative estimate of drug-likeness (QED) is 0.278. The molecule has 0 fully saturated rings. The van der Waals surface area contributed by atoms with Crippen LogP contribution in [0.4, 0.5) is 5.69 Å². The molecule has 0 unspecified atom stereocenters. The monoisotopic (exact) mass is 348 g/mol. The minimum Gasteiger partial charge on any atom is -0.420 e. The van der Waals surface area contributed by atoms with E-state index in [1.54, 1.807) is 30.5 Å². The predicted octanol–water partition coefficient (Wildman–Crippen LogP) is 3.37. The Balaban J connectivity index is 2.07. The molecule has 0 saturated heterocycles. The van der Waals surface area contributed by atoms with Crippen molar-refractivity contribution in [2.45, 2.75) is 0 Å². The van der Waals surface area contributed by atoms with Crippen LogP contribution in [0.15, 0.2) is 53.3 Å². The van der Waals surface area contributed by atoms with Crippen molar-refractivity contribution in [3.05, 3.63) is 69.0 Å². The lowest BCUT2D eigenvalue weighted by molar-refractivity contribution is -0.384. The Morgan fingerprint density at radius 3 is 2.86 bits per heavy atom. The van der Waals surface area contributed by atoms with E-state index < -0.39 is 10.9 Å². The van der Waals surface area contributed by atoms with Crippen molar-refractivity contribution in [3.63, 3.8) is 0 Å². The Morgan fingerprint density at radius 2 is 2.14 bits per heavy atom. The smallest absolute Gasteiger partial charge is 0.336 e. The van der Waals surface area contributed by atoms with E-state index in [-0.39, 0.29) is 5.69 Å². The van der Waals surface area contributed by atoms with E-state index in [2.05, 4.69) is 20.9 Å². The second kappa shape index (κ2) is 6.76. The maximum absolute atomic E-state index is 11.7. The molecule has 0 bridgehead atoms. The number of aromatic nitrogens is 1. The second-order valence-corrected chi connectivity index (χ2v) is 4.65. The number of nitro groups is 1. The Labute approximate surface area is 128 Å². The highest BCUT2D eigenvalue weighted by molar-refractivity contribution is 9.10. The molecule has 1 heterocycles. The molecule has 7 heteroatoms. The fourth-order valence-electron chi connectivity index (χ4n) is 1.50. The van der Waals surface area contributed by atoms with E-state index in [0.717, 1.165) is 0 Å². The van der Waals surface area contributed by atoms with E-state index in [0.29, 0.717) is 15.9 Å². The number of carbonyl (C=O) groups excluding carboxylic acids is 1. The summed E-state index contributed by atoms with van der Waals surface area (Å²) in [6.07, 6.45) is 4.19. The standard InChI is InChI=1S/C14H9BrN2O4/c15-14-12(5-2-8-16-14)21-13(18)7-6-10-3-1-4-11(9-10)17(19)20/h1-9H/b7-6+. The third-order valence-corrected chi connectivity index (χ3v) is 3.02. The van der Waals surface area contributed by atoms with Gasteiger partial charge in [-0.2, -0.15) is 0 Å². The van der Waals surface area contributed by atoms with Crippen LogP contribution in [0.1, 0.15) is 5.56 Å². The Morgan fingerprint density at radius 1 is 1.33 bits per heavy atom. The summed E-state index contributed by atoms with van der Waals surface area (Å²) in [5.74, 6) is -0.304. The minimum absolute atomic E-state index is 0.0412. The van der Waals surface area contributed by atoms with Crippen molar-refractivity contribution in [1.82, 2.24) is 4.98 Å². The van der Waals surface area contributed by atoms with Crippen LogP contribution in [0, 0.1) is 10.1 Å². The number of carbonyl (C=O) groups is 1. The normalized spacial score (nSPS) is 10.5. The fraction of sp³-hybridized carbons (Fsp3) is 0. The molecule has 2 aromatic rings. The summed E-state index contributed by atoms with van der Waals surface area (Å²) < 4.78 is 5.49. The summed E-state index contributed by atoms with van der Waals surface area (Å²) in [6, 6.07) is 9.16. The van der Waals surface area contributed by atoms with Gasteiger partial charge in [-0.1, -0.05) is 12.1 Å². The molecule has 1 aromatic heterocycles. The molecule has 0 radical (unpaired) electrons. The lowest BCUT2D eigenvalue weighted by Gasteiger charge is -2.02. The van der Waals surface area contributed by atoms with E-state index in [1.807, 2.05) is 0 Å². The molecule has 6 nitrogen and oxygen atoms in total. The molecule has 0 spiro atoms. The van der Waals surface area contributed by atoms with Crippen LogP contribution in [0.5, 0.6) is 5.75 Å². The van der Waals surface area contributed by atoms with Crippen molar-refractivity contribution in [2.24, 2.45) is 0 Å². The van der Waals surface area contributed by atoms with E-state index >= 15 is 0 Å². The average Bonchev–Trinajstić information content (AvgIpc) is 2.48. The second-order valence-electron chi connectivity index (χ2n) is 3.90. The number of esters is 1. The van der Waals surface area contributed by atoms with Crippen LogP contribution >= 0.6 is 15.9 Å². The van der Waals surface area contributed by atoms with Gasteiger partial charge in [-0.15, -0.1) is 0 Å².